The first kappa shape index (κ1) is 14.1. The average Bonchev–Trinajstić information content (AvgIpc) is 3.17. The fraction of sp³-hybridized carbons (Fsp3) is 0.615. The number of hydrogen-bond donors (Lipinski definition) is 1. The highest BCUT2D eigenvalue weighted by Crippen LogP contribution is 2.28. The molecular formula is C13H20N4OS. The predicted molar refractivity (Wildman–Crippen MR) is 79.5 cm³/mol. The van der Waals surface area contributed by atoms with E-state index in [2.05, 4.69) is 9.97 Å². The maximum absolute atomic E-state index is 5.61. The van der Waals surface area contributed by atoms with Crippen LogP contribution in [0.1, 0.15) is 24.2 Å². The smallest absolute Gasteiger partial charge is 0.226 e. The molecule has 1 saturated carbocycles. The van der Waals surface area contributed by atoms with E-state index in [1.165, 1.54) is 12.8 Å². The molecule has 104 valence electrons. The van der Waals surface area contributed by atoms with Crippen molar-refractivity contribution in [2.45, 2.75) is 19.8 Å². The molecule has 0 bridgehead atoms. The number of hydrogen-bond acceptors (Lipinski definition) is 5. The number of aryl methyl sites for hydroxylation is 1. The molecule has 6 heteroatoms. The van der Waals surface area contributed by atoms with Crippen molar-refractivity contribution in [3.8, 4) is 0 Å². The van der Waals surface area contributed by atoms with Crippen LogP contribution in [0.3, 0.4) is 0 Å². The van der Waals surface area contributed by atoms with Gasteiger partial charge in [-0.2, -0.15) is 0 Å². The molecule has 1 aliphatic carbocycles. The fourth-order valence-corrected chi connectivity index (χ4v) is 1.79. The van der Waals surface area contributed by atoms with E-state index in [0.29, 0.717) is 23.2 Å². The zero-order valence-electron chi connectivity index (χ0n) is 11.4. The Kier molecular flexibility index (Phi) is 4.66. The second kappa shape index (κ2) is 6.25. The Balaban J connectivity index is 1.89. The van der Waals surface area contributed by atoms with Crippen molar-refractivity contribution in [2.24, 2.45) is 11.7 Å². The van der Waals surface area contributed by atoms with Crippen LogP contribution in [0, 0.1) is 12.8 Å². The molecule has 1 aromatic rings. The Hall–Kier alpha value is -1.27. The minimum Gasteiger partial charge on any atom is -0.388 e. The van der Waals surface area contributed by atoms with Gasteiger partial charge in [-0.05, 0) is 31.7 Å². The molecule has 0 saturated heterocycles. The van der Waals surface area contributed by atoms with E-state index in [1.807, 2.05) is 18.9 Å². The third-order valence-electron chi connectivity index (χ3n) is 3.06. The van der Waals surface area contributed by atoms with Crippen LogP contribution in [0.2, 0.25) is 0 Å². The van der Waals surface area contributed by atoms with Crippen molar-refractivity contribution in [2.75, 3.05) is 31.7 Å². The van der Waals surface area contributed by atoms with Crippen molar-refractivity contribution < 1.29 is 4.74 Å². The molecule has 0 spiro atoms. The van der Waals surface area contributed by atoms with E-state index in [1.54, 1.807) is 6.07 Å². The summed E-state index contributed by atoms with van der Waals surface area (Å²) in [5.74, 6) is 1.43. The second-order valence-corrected chi connectivity index (χ2v) is 5.44. The van der Waals surface area contributed by atoms with E-state index >= 15 is 0 Å². The highest BCUT2D eigenvalue weighted by molar-refractivity contribution is 7.80. The lowest BCUT2D eigenvalue weighted by atomic mass is 10.3. The van der Waals surface area contributed by atoms with Crippen molar-refractivity contribution in [1.29, 1.82) is 0 Å². The van der Waals surface area contributed by atoms with Gasteiger partial charge in [0.1, 0.15) is 10.7 Å². The number of likely N-dealkylation sites (N-methyl/N-ethyl adjacent to an activating group) is 1. The lowest BCUT2D eigenvalue weighted by Gasteiger charge is -2.18. The summed E-state index contributed by atoms with van der Waals surface area (Å²) in [6.45, 7) is 4.23. The highest BCUT2D eigenvalue weighted by Gasteiger charge is 2.21. The predicted octanol–water partition coefficient (Wildman–Crippen LogP) is 1.28. The van der Waals surface area contributed by atoms with E-state index in [0.717, 1.165) is 24.8 Å². The largest absolute Gasteiger partial charge is 0.388 e. The SMILES string of the molecule is Cc1cc(C(N)=S)nc(N(C)CCOCC2CC2)n1. The lowest BCUT2D eigenvalue weighted by molar-refractivity contribution is 0.130. The number of anilines is 1. The summed E-state index contributed by atoms with van der Waals surface area (Å²) < 4.78 is 5.61. The van der Waals surface area contributed by atoms with Crippen LogP contribution in [-0.2, 0) is 4.74 Å². The number of aromatic nitrogens is 2. The summed E-state index contributed by atoms with van der Waals surface area (Å²) in [5.41, 5.74) is 7.09. The zero-order valence-corrected chi connectivity index (χ0v) is 12.2. The summed E-state index contributed by atoms with van der Waals surface area (Å²) >= 11 is 4.95. The molecule has 0 amide bonds. The Morgan fingerprint density at radius 3 is 2.89 bits per heavy atom. The van der Waals surface area contributed by atoms with Gasteiger partial charge in [0.25, 0.3) is 0 Å². The lowest BCUT2D eigenvalue weighted by Crippen LogP contribution is -2.26. The van der Waals surface area contributed by atoms with Gasteiger partial charge < -0.3 is 15.4 Å². The number of rotatable bonds is 7. The molecule has 1 heterocycles. The summed E-state index contributed by atoms with van der Waals surface area (Å²) in [7, 11) is 1.94. The number of nitrogens with zero attached hydrogens (tertiary/aromatic N) is 3. The Bertz CT molecular complexity index is 462. The average molecular weight is 280 g/mol. The highest BCUT2D eigenvalue weighted by atomic mass is 32.1. The van der Waals surface area contributed by atoms with Gasteiger partial charge in [0.2, 0.25) is 5.95 Å². The summed E-state index contributed by atoms with van der Waals surface area (Å²) in [4.78, 5) is 11.0. The fourth-order valence-electron chi connectivity index (χ4n) is 1.69. The standard InChI is InChI=1S/C13H20N4OS/c1-9-7-11(12(14)19)16-13(15-9)17(2)5-6-18-8-10-3-4-10/h7,10H,3-6,8H2,1-2H3,(H2,14,19). The number of thiocarbonyl (C=S) groups is 1. The van der Waals surface area contributed by atoms with E-state index in [-0.39, 0.29) is 0 Å². The molecule has 1 fully saturated rings. The maximum atomic E-state index is 5.61. The first-order valence-electron chi connectivity index (χ1n) is 6.50. The molecule has 0 unspecified atom stereocenters. The monoisotopic (exact) mass is 280 g/mol. The van der Waals surface area contributed by atoms with Crippen molar-refractivity contribution in [1.82, 2.24) is 9.97 Å². The van der Waals surface area contributed by atoms with Crippen LogP contribution in [0.5, 0.6) is 0 Å². The molecule has 2 N–H and O–H groups in total. The molecule has 5 nitrogen and oxygen atoms in total. The second-order valence-electron chi connectivity index (χ2n) is 5.00. The first-order chi connectivity index (χ1) is 9.06. The van der Waals surface area contributed by atoms with Gasteiger partial charge in [0.05, 0.1) is 6.61 Å². The van der Waals surface area contributed by atoms with Crippen LogP contribution in [-0.4, -0.2) is 41.8 Å². The van der Waals surface area contributed by atoms with Crippen molar-refractivity contribution in [3.05, 3.63) is 17.5 Å². The van der Waals surface area contributed by atoms with Gasteiger partial charge >= 0.3 is 0 Å². The Morgan fingerprint density at radius 2 is 2.26 bits per heavy atom. The summed E-state index contributed by atoms with van der Waals surface area (Å²) in [6.07, 6.45) is 2.63. The van der Waals surface area contributed by atoms with Crippen LogP contribution >= 0.6 is 12.2 Å². The normalized spacial score (nSPS) is 14.4. The summed E-state index contributed by atoms with van der Waals surface area (Å²) in [6, 6.07) is 1.79. The molecule has 0 radical (unpaired) electrons. The van der Waals surface area contributed by atoms with Gasteiger partial charge in [-0.1, -0.05) is 12.2 Å². The van der Waals surface area contributed by atoms with Crippen molar-refractivity contribution in [3.63, 3.8) is 0 Å². The Labute approximate surface area is 119 Å². The molecule has 0 atom stereocenters. The Morgan fingerprint density at radius 1 is 1.53 bits per heavy atom. The maximum Gasteiger partial charge on any atom is 0.226 e. The van der Waals surface area contributed by atoms with Gasteiger partial charge in [-0.15, -0.1) is 0 Å². The van der Waals surface area contributed by atoms with Gasteiger partial charge in [-0.25, -0.2) is 9.97 Å². The number of ether oxygens (including phenoxy) is 1. The molecule has 0 aromatic carbocycles. The third-order valence-corrected chi connectivity index (χ3v) is 3.27. The van der Waals surface area contributed by atoms with E-state index in [9.17, 15) is 0 Å². The van der Waals surface area contributed by atoms with Gasteiger partial charge in [0.15, 0.2) is 0 Å². The molecule has 19 heavy (non-hydrogen) atoms. The first-order valence-corrected chi connectivity index (χ1v) is 6.91. The van der Waals surface area contributed by atoms with Gasteiger partial charge in [-0.3, -0.25) is 0 Å². The molecule has 0 aliphatic heterocycles. The minimum atomic E-state index is 0.296. The van der Waals surface area contributed by atoms with Crippen LogP contribution < -0.4 is 10.6 Å². The van der Waals surface area contributed by atoms with Crippen molar-refractivity contribution >= 4 is 23.2 Å². The third kappa shape index (κ3) is 4.40. The molecular weight excluding hydrogens is 260 g/mol. The van der Waals surface area contributed by atoms with Crippen LogP contribution in [0.15, 0.2) is 6.07 Å². The molecule has 1 aromatic heterocycles. The van der Waals surface area contributed by atoms with Gasteiger partial charge in [0, 0.05) is 25.9 Å². The van der Waals surface area contributed by atoms with E-state index < -0.39 is 0 Å². The molecule has 1 aliphatic rings. The minimum absolute atomic E-state index is 0.296. The van der Waals surface area contributed by atoms with Crippen LogP contribution in [0.4, 0.5) is 5.95 Å². The summed E-state index contributed by atoms with van der Waals surface area (Å²) in [5, 5.41) is 0. The van der Waals surface area contributed by atoms with E-state index in [4.69, 9.17) is 22.7 Å². The van der Waals surface area contributed by atoms with Crippen LogP contribution in [0.25, 0.3) is 0 Å². The quantitative estimate of drug-likeness (QED) is 0.599. The topological polar surface area (TPSA) is 64.3 Å². The number of nitrogens with two attached hydrogens (primary N) is 1. The molecule has 2 rings (SSSR count). The zero-order chi connectivity index (χ0) is 13.8.